The molecule has 1 nitrogen and oxygen atoms in total. The molecule has 0 aliphatic carbocycles. The average Bonchev–Trinajstić information content (AvgIpc) is 2.47. The summed E-state index contributed by atoms with van der Waals surface area (Å²) < 4.78 is 0. The summed E-state index contributed by atoms with van der Waals surface area (Å²) >= 11 is 13.8. The summed E-state index contributed by atoms with van der Waals surface area (Å²) in [5.74, 6) is 0.523. The predicted molar refractivity (Wildman–Crippen MR) is 87.0 cm³/mol. The van der Waals surface area contributed by atoms with Crippen LogP contribution in [0.3, 0.4) is 0 Å². The molecule has 0 aliphatic heterocycles. The van der Waals surface area contributed by atoms with Crippen LogP contribution < -0.4 is 0 Å². The molecule has 0 amide bonds. The molecule has 4 heteroatoms. The van der Waals surface area contributed by atoms with E-state index in [1.165, 1.54) is 0 Å². The van der Waals surface area contributed by atoms with Gasteiger partial charge in [-0.2, -0.15) is 0 Å². The molecule has 0 fully saturated rings. The maximum atomic E-state index is 8.86. The van der Waals surface area contributed by atoms with E-state index in [2.05, 4.69) is 18.2 Å². The highest BCUT2D eigenvalue weighted by Gasteiger charge is 2.04. The fourth-order valence-corrected chi connectivity index (χ4v) is 3.34. The molecule has 0 aromatic heterocycles. The van der Waals surface area contributed by atoms with Gasteiger partial charge in [0.25, 0.3) is 0 Å². The van der Waals surface area contributed by atoms with Gasteiger partial charge in [-0.3, -0.25) is 0 Å². The minimum atomic E-state index is 0.193. The van der Waals surface area contributed by atoms with Crippen LogP contribution in [0.2, 0.25) is 5.02 Å². The average molecular weight is 327 g/mol. The van der Waals surface area contributed by atoms with E-state index in [0.717, 1.165) is 38.8 Å². The second-order valence-corrected chi connectivity index (χ2v) is 6.28. The Bertz CT molecular complexity index is 572. The standard InChI is InChI=1S/C16H16Cl2OS/c17-11-12-3-1-5-14(9-12)20-15-7-6-13(4-2-8-19)16(18)10-15/h1,3,5-7,9-10,19H,2,4,8,11H2. The van der Waals surface area contributed by atoms with Crippen molar-refractivity contribution in [3.8, 4) is 0 Å². The van der Waals surface area contributed by atoms with E-state index in [9.17, 15) is 0 Å². The van der Waals surface area contributed by atoms with Gasteiger partial charge in [-0.05, 0) is 48.2 Å². The van der Waals surface area contributed by atoms with Crippen LogP contribution >= 0.6 is 35.0 Å². The lowest BCUT2D eigenvalue weighted by Gasteiger charge is -2.07. The third kappa shape index (κ3) is 4.42. The lowest BCUT2D eigenvalue weighted by Crippen LogP contribution is -1.90. The number of alkyl halides is 1. The number of aryl methyl sites for hydroxylation is 1. The molecule has 0 bridgehead atoms. The normalized spacial score (nSPS) is 10.8. The summed E-state index contributed by atoms with van der Waals surface area (Å²) in [4.78, 5) is 2.26. The van der Waals surface area contributed by atoms with Crippen molar-refractivity contribution >= 4 is 35.0 Å². The van der Waals surface area contributed by atoms with E-state index in [1.807, 2.05) is 24.3 Å². The predicted octanol–water partition coefficient (Wildman–Crippen LogP) is 5.15. The first-order chi connectivity index (χ1) is 9.72. The van der Waals surface area contributed by atoms with Gasteiger partial charge in [0.15, 0.2) is 0 Å². The molecule has 1 N–H and O–H groups in total. The summed E-state index contributed by atoms with van der Waals surface area (Å²) in [5.41, 5.74) is 2.20. The van der Waals surface area contributed by atoms with Crippen molar-refractivity contribution < 1.29 is 5.11 Å². The summed E-state index contributed by atoms with van der Waals surface area (Å²) in [7, 11) is 0. The fraction of sp³-hybridized carbons (Fsp3) is 0.250. The van der Waals surface area contributed by atoms with E-state index < -0.39 is 0 Å². The number of aliphatic hydroxyl groups is 1. The first-order valence-corrected chi connectivity index (χ1v) is 8.18. The van der Waals surface area contributed by atoms with Gasteiger partial charge in [-0.1, -0.05) is 41.6 Å². The molecule has 2 aromatic carbocycles. The molecule has 0 saturated heterocycles. The van der Waals surface area contributed by atoms with Crippen molar-refractivity contribution in [2.45, 2.75) is 28.5 Å². The Morgan fingerprint density at radius 1 is 1.05 bits per heavy atom. The van der Waals surface area contributed by atoms with Crippen molar-refractivity contribution in [2.24, 2.45) is 0 Å². The SMILES string of the molecule is OCCCc1ccc(Sc2cccc(CCl)c2)cc1Cl. The minimum Gasteiger partial charge on any atom is -0.396 e. The van der Waals surface area contributed by atoms with Crippen molar-refractivity contribution in [3.63, 3.8) is 0 Å². The summed E-state index contributed by atoms with van der Waals surface area (Å²) in [6, 6.07) is 14.3. The van der Waals surface area contributed by atoms with Gasteiger partial charge in [0, 0.05) is 27.3 Å². The maximum Gasteiger partial charge on any atom is 0.0474 e. The van der Waals surface area contributed by atoms with Crippen LogP contribution in [-0.4, -0.2) is 11.7 Å². The van der Waals surface area contributed by atoms with Gasteiger partial charge in [0.1, 0.15) is 0 Å². The Balaban J connectivity index is 2.11. The third-order valence-electron chi connectivity index (χ3n) is 2.92. The Hall–Kier alpha value is -0.670. The van der Waals surface area contributed by atoms with E-state index in [1.54, 1.807) is 11.8 Å². The highest BCUT2D eigenvalue weighted by atomic mass is 35.5. The number of hydrogen-bond donors (Lipinski definition) is 1. The van der Waals surface area contributed by atoms with Crippen LogP contribution in [0.5, 0.6) is 0 Å². The molecule has 2 rings (SSSR count). The number of halogens is 2. The maximum absolute atomic E-state index is 8.86. The first-order valence-electron chi connectivity index (χ1n) is 6.45. The van der Waals surface area contributed by atoms with Gasteiger partial charge in [0.05, 0.1) is 0 Å². The van der Waals surface area contributed by atoms with E-state index in [4.69, 9.17) is 28.3 Å². The largest absolute Gasteiger partial charge is 0.396 e. The zero-order valence-electron chi connectivity index (χ0n) is 11.0. The Morgan fingerprint density at radius 2 is 1.85 bits per heavy atom. The molecule has 20 heavy (non-hydrogen) atoms. The number of benzene rings is 2. The van der Waals surface area contributed by atoms with E-state index >= 15 is 0 Å². The van der Waals surface area contributed by atoms with Crippen molar-refractivity contribution in [1.82, 2.24) is 0 Å². The highest BCUT2D eigenvalue weighted by molar-refractivity contribution is 7.99. The van der Waals surface area contributed by atoms with Crippen LogP contribution in [0.1, 0.15) is 17.5 Å². The Morgan fingerprint density at radius 3 is 2.55 bits per heavy atom. The van der Waals surface area contributed by atoms with Crippen LogP contribution in [0.15, 0.2) is 52.3 Å². The van der Waals surface area contributed by atoms with Crippen LogP contribution in [-0.2, 0) is 12.3 Å². The molecule has 106 valence electrons. The molecule has 0 heterocycles. The number of rotatable bonds is 6. The first kappa shape index (κ1) is 15.7. The lowest BCUT2D eigenvalue weighted by atomic mass is 10.1. The molecule has 0 radical (unpaired) electrons. The molecule has 0 saturated carbocycles. The summed E-state index contributed by atoms with van der Waals surface area (Å²) in [6.07, 6.45) is 1.55. The smallest absolute Gasteiger partial charge is 0.0474 e. The minimum absolute atomic E-state index is 0.193. The highest BCUT2D eigenvalue weighted by Crippen LogP contribution is 2.31. The second-order valence-electron chi connectivity index (χ2n) is 4.46. The van der Waals surface area contributed by atoms with Gasteiger partial charge < -0.3 is 5.11 Å². The summed E-state index contributed by atoms with van der Waals surface area (Å²) in [6.45, 7) is 0.193. The van der Waals surface area contributed by atoms with Gasteiger partial charge in [-0.25, -0.2) is 0 Å². The van der Waals surface area contributed by atoms with Crippen LogP contribution in [0, 0.1) is 0 Å². The van der Waals surface area contributed by atoms with E-state index in [-0.39, 0.29) is 6.61 Å². The fourth-order valence-electron chi connectivity index (χ4n) is 1.89. The van der Waals surface area contributed by atoms with Crippen LogP contribution in [0.4, 0.5) is 0 Å². The monoisotopic (exact) mass is 326 g/mol. The van der Waals surface area contributed by atoms with Crippen molar-refractivity contribution in [3.05, 3.63) is 58.6 Å². The molecule has 0 atom stereocenters. The second kappa shape index (κ2) is 7.94. The van der Waals surface area contributed by atoms with Crippen molar-refractivity contribution in [1.29, 1.82) is 0 Å². The molecule has 2 aromatic rings. The van der Waals surface area contributed by atoms with Crippen molar-refractivity contribution in [2.75, 3.05) is 6.61 Å². The molecule has 0 unspecified atom stereocenters. The van der Waals surface area contributed by atoms with Gasteiger partial charge >= 0.3 is 0 Å². The number of hydrogen-bond acceptors (Lipinski definition) is 2. The van der Waals surface area contributed by atoms with Gasteiger partial charge in [0.2, 0.25) is 0 Å². The molecule has 0 aliphatic rings. The molecular weight excluding hydrogens is 311 g/mol. The van der Waals surface area contributed by atoms with Gasteiger partial charge in [-0.15, -0.1) is 11.6 Å². The zero-order chi connectivity index (χ0) is 14.4. The lowest BCUT2D eigenvalue weighted by molar-refractivity contribution is 0.288. The zero-order valence-corrected chi connectivity index (χ0v) is 13.3. The Kier molecular flexibility index (Phi) is 6.24. The molecular formula is C16H16Cl2OS. The summed E-state index contributed by atoms with van der Waals surface area (Å²) in [5, 5.41) is 9.62. The van der Waals surface area contributed by atoms with E-state index in [0.29, 0.717) is 5.88 Å². The van der Waals surface area contributed by atoms with Crippen LogP contribution in [0.25, 0.3) is 0 Å². The quantitative estimate of drug-likeness (QED) is 0.740. The molecule has 0 spiro atoms. The number of aliphatic hydroxyl groups excluding tert-OH is 1. The topological polar surface area (TPSA) is 20.2 Å². The third-order valence-corrected chi connectivity index (χ3v) is 4.56. The Labute approximate surface area is 133 Å².